The lowest BCUT2D eigenvalue weighted by Crippen LogP contribution is -2.20. The van der Waals surface area contributed by atoms with Crippen molar-refractivity contribution in [1.29, 1.82) is 0 Å². The van der Waals surface area contributed by atoms with Crippen molar-refractivity contribution >= 4 is 39.4 Å². The van der Waals surface area contributed by atoms with Crippen molar-refractivity contribution < 1.29 is 0 Å². The zero-order valence-corrected chi connectivity index (χ0v) is 18.0. The molecule has 3 heterocycles. The van der Waals surface area contributed by atoms with Crippen LogP contribution < -0.4 is 5.56 Å². The van der Waals surface area contributed by atoms with Gasteiger partial charge in [0.2, 0.25) is 0 Å². The van der Waals surface area contributed by atoms with Crippen LogP contribution in [0.2, 0.25) is 0 Å². The Labute approximate surface area is 185 Å². The lowest BCUT2D eigenvalue weighted by Gasteiger charge is -2.05. The summed E-state index contributed by atoms with van der Waals surface area (Å²) in [5, 5.41) is 5.10. The molecular formula is C25H24N6O. The first-order valence-corrected chi connectivity index (χ1v) is 11.0. The van der Waals surface area contributed by atoms with Crippen LogP contribution in [0.5, 0.6) is 0 Å². The number of rotatable bonds is 7. The number of hydrogen-bond acceptors (Lipinski definition) is 5. The van der Waals surface area contributed by atoms with Crippen LogP contribution in [0.15, 0.2) is 70.8 Å². The predicted molar refractivity (Wildman–Crippen MR) is 128 cm³/mol. The van der Waals surface area contributed by atoms with Crippen LogP contribution in [0.25, 0.3) is 33.2 Å². The number of fused-ring (bicyclic) bond motifs is 4. The zero-order chi connectivity index (χ0) is 21.9. The number of benzene rings is 2. The number of aryl methyl sites for hydroxylation is 1. The molecule has 7 nitrogen and oxygen atoms in total. The first-order chi connectivity index (χ1) is 15.8. The topological polar surface area (TPSA) is 78.0 Å². The average molecular weight is 425 g/mol. The Morgan fingerprint density at radius 2 is 1.66 bits per heavy atom. The molecule has 0 saturated carbocycles. The highest BCUT2D eigenvalue weighted by Gasteiger charge is 2.19. The monoisotopic (exact) mass is 424 g/mol. The van der Waals surface area contributed by atoms with Gasteiger partial charge in [0.1, 0.15) is 10.9 Å². The molecule has 0 N–H and O–H groups in total. The van der Waals surface area contributed by atoms with Gasteiger partial charge in [0.15, 0.2) is 11.3 Å². The van der Waals surface area contributed by atoms with Crippen molar-refractivity contribution in [2.45, 2.75) is 39.2 Å². The van der Waals surface area contributed by atoms with Crippen molar-refractivity contribution in [3.8, 4) is 0 Å². The largest absolute Gasteiger partial charge is 0.299 e. The van der Waals surface area contributed by atoms with Crippen molar-refractivity contribution in [2.75, 3.05) is 0 Å². The summed E-state index contributed by atoms with van der Waals surface area (Å²) in [6.45, 7) is 2.82. The Balaban J connectivity index is 1.71. The Morgan fingerprint density at radius 1 is 0.906 bits per heavy atom. The fourth-order valence-corrected chi connectivity index (χ4v) is 3.90. The fourth-order valence-electron chi connectivity index (χ4n) is 3.90. The lowest BCUT2D eigenvalue weighted by atomic mass is 10.2. The van der Waals surface area contributed by atoms with E-state index in [0.29, 0.717) is 28.7 Å². The van der Waals surface area contributed by atoms with Crippen LogP contribution in [0.4, 0.5) is 0 Å². The van der Waals surface area contributed by atoms with Gasteiger partial charge in [-0.05, 0) is 24.1 Å². The third-order valence-corrected chi connectivity index (χ3v) is 5.58. The Hall–Kier alpha value is -3.87. The maximum atomic E-state index is 13.4. The summed E-state index contributed by atoms with van der Waals surface area (Å²) < 4.78 is 3.31. The molecule has 0 radical (unpaired) electrons. The van der Waals surface area contributed by atoms with Gasteiger partial charge in [-0.3, -0.25) is 9.36 Å². The number of unbranched alkanes of at least 4 members (excludes halogenated alkanes) is 3. The average Bonchev–Trinajstić information content (AvgIpc) is 3.14. The van der Waals surface area contributed by atoms with E-state index in [4.69, 9.17) is 9.97 Å². The summed E-state index contributed by atoms with van der Waals surface area (Å²) in [5.41, 5.74) is 3.86. The molecule has 3 aromatic heterocycles. The summed E-state index contributed by atoms with van der Waals surface area (Å²) in [5.74, 6) is 0. The number of nitrogens with zero attached hydrogens (tertiary/aromatic N) is 6. The summed E-state index contributed by atoms with van der Waals surface area (Å²) in [7, 11) is 0. The first-order valence-electron chi connectivity index (χ1n) is 11.0. The van der Waals surface area contributed by atoms with Gasteiger partial charge in [-0.2, -0.15) is 9.78 Å². The molecule has 0 bridgehead atoms. The van der Waals surface area contributed by atoms with E-state index in [1.807, 2.05) is 54.6 Å². The van der Waals surface area contributed by atoms with Gasteiger partial charge in [-0.1, -0.05) is 68.7 Å². The fraction of sp³-hybridized carbons (Fsp3) is 0.240. The van der Waals surface area contributed by atoms with Gasteiger partial charge in [-0.25, -0.2) is 15.0 Å². The molecule has 0 aliphatic rings. The molecule has 5 aromatic rings. The van der Waals surface area contributed by atoms with Crippen LogP contribution >= 0.6 is 0 Å². The third-order valence-electron chi connectivity index (χ3n) is 5.58. The molecule has 0 amide bonds. The minimum Gasteiger partial charge on any atom is -0.299 e. The molecule has 0 aliphatic carbocycles. The van der Waals surface area contributed by atoms with E-state index in [-0.39, 0.29) is 5.56 Å². The highest BCUT2D eigenvalue weighted by Crippen LogP contribution is 2.24. The van der Waals surface area contributed by atoms with E-state index in [1.54, 1.807) is 21.8 Å². The molecule has 32 heavy (non-hydrogen) atoms. The van der Waals surface area contributed by atoms with Crippen molar-refractivity contribution in [2.24, 2.45) is 5.10 Å². The second kappa shape index (κ2) is 8.70. The molecule has 2 aromatic carbocycles. The standard InChI is InChI=1S/C25H24N6O/c1-2-3-4-10-15-30-17-26-23-21(25(30)32)22-24(29-20-14-9-8-13-19(20)28-22)31(23)27-16-18-11-6-5-7-12-18/h5-9,11-14,16-17H,2-4,10,15H2,1H3/b27-16+. The van der Waals surface area contributed by atoms with E-state index < -0.39 is 0 Å². The van der Waals surface area contributed by atoms with Crippen molar-refractivity contribution in [3.63, 3.8) is 0 Å². The molecule has 0 unspecified atom stereocenters. The summed E-state index contributed by atoms with van der Waals surface area (Å²) >= 11 is 0. The zero-order valence-electron chi connectivity index (χ0n) is 18.0. The molecular weight excluding hydrogens is 400 g/mol. The van der Waals surface area contributed by atoms with Gasteiger partial charge < -0.3 is 0 Å². The van der Waals surface area contributed by atoms with E-state index in [0.717, 1.165) is 42.3 Å². The van der Waals surface area contributed by atoms with Gasteiger partial charge in [0.25, 0.3) is 5.56 Å². The van der Waals surface area contributed by atoms with E-state index in [2.05, 4.69) is 17.0 Å². The second-order valence-corrected chi connectivity index (χ2v) is 7.85. The SMILES string of the molecule is CCCCCCn1cnc2c(c1=O)c1nc3ccccc3nc1n2/N=C/c1ccccc1. The van der Waals surface area contributed by atoms with Crippen LogP contribution in [0.3, 0.4) is 0 Å². The molecule has 0 saturated heterocycles. The molecule has 0 atom stereocenters. The molecule has 0 aliphatic heterocycles. The lowest BCUT2D eigenvalue weighted by molar-refractivity contribution is 0.567. The minimum absolute atomic E-state index is 0.102. The molecule has 7 heteroatoms. The van der Waals surface area contributed by atoms with E-state index in [9.17, 15) is 4.79 Å². The van der Waals surface area contributed by atoms with Crippen molar-refractivity contribution in [1.82, 2.24) is 24.2 Å². The van der Waals surface area contributed by atoms with Gasteiger partial charge in [0, 0.05) is 6.54 Å². The predicted octanol–water partition coefficient (Wildman–Crippen LogP) is 4.76. The maximum absolute atomic E-state index is 13.4. The molecule has 0 fully saturated rings. The number of aromatic nitrogens is 5. The normalized spacial score (nSPS) is 11.9. The summed E-state index contributed by atoms with van der Waals surface area (Å²) in [4.78, 5) is 27.6. The van der Waals surface area contributed by atoms with Gasteiger partial charge in [-0.15, -0.1) is 0 Å². The summed E-state index contributed by atoms with van der Waals surface area (Å²) in [6, 6.07) is 17.4. The highest BCUT2D eigenvalue weighted by molar-refractivity contribution is 6.04. The Bertz CT molecular complexity index is 1480. The third kappa shape index (κ3) is 3.66. The van der Waals surface area contributed by atoms with Crippen molar-refractivity contribution in [3.05, 3.63) is 76.8 Å². The number of hydrogen-bond donors (Lipinski definition) is 0. The molecule has 0 spiro atoms. The quantitative estimate of drug-likeness (QED) is 0.279. The van der Waals surface area contributed by atoms with Gasteiger partial charge in [0.05, 0.1) is 23.6 Å². The molecule has 5 rings (SSSR count). The Morgan fingerprint density at radius 3 is 2.44 bits per heavy atom. The van der Waals surface area contributed by atoms with Gasteiger partial charge >= 0.3 is 0 Å². The van der Waals surface area contributed by atoms with E-state index in [1.165, 1.54) is 0 Å². The van der Waals surface area contributed by atoms with Crippen LogP contribution in [0, 0.1) is 0 Å². The highest BCUT2D eigenvalue weighted by atomic mass is 16.1. The second-order valence-electron chi connectivity index (χ2n) is 7.85. The smallest absolute Gasteiger partial charge is 0.265 e. The van der Waals surface area contributed by atoms with E-state index >= 15 is 0 Å². The number of para-hydroxylation sites is 2. The van der Waals surface area contributed by atoms with Crippen LogP contribution in [0.1, 0.15) is 38.2 Å². The molecule has 160 valence electrons. The summed E-state index contributed by atoms with van der Waals surface area (Å²) in [6.07, 6.45) is 7.71. The first kappa shape index (κ1) is 20.1. The maximum Gasteiger partial charge on any atom is 0.265 e. The minimum atomic E-state index is -0.102. The van der Waals surface area contributed by atoms with Crippen LogP contribution in [-0.4, -0.2) is 30.4 Å². The Kier molecular flexibility index (Phi) is 5.46. The van der Waals surface area contributed by atoms with Crippen LogP contribution in [-0.2, 0) is 6.54 Å².